The monoisotopic (exact) mass is 520 g/mol. The van der Waals surface area contributed by atoms with Crippen LogP contribution in [0.5, 0.6) is 11.8 Å². The molecule has 0 unspecified atom stereocenters. The molecule has 0 N–H and O–H groups in total. The number of carbonyl (C=O) groups is 1. The van der Waals surface area contributed by atoms with Crippen LogP contribution in [0.25, 0.3) is 11.0 Å². The van der Waals surface area contributed by atoms with E-state index in [0.717, 1.165) is 25.5 Å². The highest BCUT2D eigenvalue weighted by Gasteiger charge is 2.19. The molecule has 7 nitrogen and oxygen atoms in total. The van der Waals surface area contributed by atoms with Crippen molar-refractivity contribution >= 4 is 29.1 Å². The summed E-state index contributed by atoms with van der Waals surface area (Å²) in [5.41, 5.74) is 1.26. The molecule has 0 bridgehead atoms. The van der Waals surface area contributed by atoms with Gasteiger partial charge in [0.25, 0.3) is 0 Å². The number of hydrogen-bond donors (Lipinski definition) is 0. The molecule has 2 heterocycles. The highest BCUT2D eigenvalue weighted by atomic mass is 32.2. The SMILES string of the molecule is CCCCCCCCCCCCCCCCOc1c2nc(SCC=O)nc(OCCCC)c2nn1C. The van der Waals surface area contributed by atoms with Crippen molar-refractivity contribution in [1.29, 1.82) is 0 Å². The van der Waals surface area contributed by atoms with Crippen molar-refractivity contribution in [3.8, 4) is 11.8 Å². The highest BCUT2D eigenvalue weighted by molar-refractivity contribution is 7.99. The summed E-state index contributed by atoms with van der Waals surface area (Å²) in [7, 11) is 1.86. The van der Waals surface area contributed by atoms with E-state index in [0.29, 0.717) is 46.9 Å². The molecule has 0 aliphatic rings. The number of nitrogens with zero attached hydrogens (tertiary/aromatic N) is 4. The first-order valence-electron chi connectivity index (χ1n) is 14.3. The lowest BCUT2D eigenvalue weighted by atomic mass is 10.0. The van der Waals surface area contributed by atoms with Gasteiger partial charge in [-0.15, -0.1) is 0 Å². The second-order valence-electron chi connectivity index (χ2n) is 9.56. The predicted molar refractivity (Wildman–Crippen MR) is 149 cm³/mol. The van der Waals surface area contributed by atoms with Crippen molar-refractivity contribution in [1.82, 2.24) is 19.7 Å². The Morgan fingerprint density at radius 3 is 1.86 bits per heavy atom. The van der Waals surface area contributed by atoms with Crippen molar-refractivity contribution in [3.05, 3.63) is 0 Å². The third-order valence-corrected chi connectivity index (χ3v) is 7.08. The van der Waals surface area contributed by atoms with Crippen molar-refractivity contribution in [2.45, 2.75) is 122 Å². The Hall–Kier alpha value is -1.83. The number of rotatable bonds is 23. The van der Waals surface area contributed by atoms with Gasteiger partial charge < -0.3 is 14.3 Å². The van der Waals surface area contributed by atoms with E-state index in [1.54, 1.807) is 4.68 Å². The maximum Gasteiger partial charge on any atom is 0.246 e. The molecule has 0 amide bonds. The summed E-state index contributed by atoms with van der Waals surface area (Å²) in [5.74, 6) is 1.40. The Kier molecular flexibility index (Phi) is 16.3. The lowest BCUT2D eigenvalue weighted by Gasteiger charge is -2.08. The van der Waals surface area contributed by atoms with Crippen LogP contribution >= 0.6 is 11.8 Å². The number of thioether (sulfide) groups is 1. The largest absolute Gasteiger partial charge is 0.476 e. The van der Waals surface area contributed by atoms with Crippen LogP contribution in [0.1, 0.15) is 117 Å². The molecular weight excluding hydrogens is 472 g/mol. The molecule has 0 saturated carbocycles. The van der Waals surface area contributed by atoms with E-state index in [1.807, 2.05) is 7.05 Å². The molecule has 204 valence electrons. The molecule has 0 radical (unpaired) electrons. The van der Waals surface area contributed by atoms with Crippen LogP contribution in [0.2, 0.25) is 0 Å². The van der Waals surface area contributed by atoms with Gasteiger partial charge in [0.05, 0.1) is 19.0 Å². The number of fused-ring (bicyclic) bond motifs is 1. The van der Waals surface area contributed by atoms with E-state index in [-0.39, 0.29) is 0 Å². The summed E-state index contributed by atoms with van der Waals surface area (Å²) in [6.07, 6.45) is 21.5. The number of hydrogen-bond acceptors (Lipinski definition) is 7. The van der Waals surface area contributed by atoms with E-state index in [9.17, 15) is 4.79 Å². The van der Waals surface area contributed by atoms with Gasteiger partial charge in [0, 0.05) is 7.05 Å². The zero-order chi connectivity index (χ0) is 25.8. The Morgan fingerprint density at radius 1 is 0.722 bits per heavy atom. The average molecular weight is 521 g/mol. The van der Waals surface area contributed by atoms with Gasteiger partial charge in [0.15, 0.2) is 16.2 Å². The Balaban J connectivity index is 1.70. The number of aromatic nitrogens is 4. The van der Waals surface area contributed by atoms with Gasteiger partial charge in [-0.3, -0.25) is 0 Å². The lowest BCUT2D eigenvalue weighted by molar-refractivity contribution is -0.105. The zero-order valence-electron chi connectivity index (χ0n) is 22.9. The molecule has 8 heteroatoms. The van der Waals surface area contributed by atoms with E-state index in [4.69, 9.17) is 9.47 Å². The molecule has 0 aromatic carbocycles. The van der Waals surface area contributed by atoms with Crippen LogP contribution in [0.3, 0.4) is 0 Å². The van der Waals surface area contributed by atoms with Crippen LogP contribution in [0, 0.1) is 0 Å². The van der Waals surface area contributed by atoms with E-state index >= 15 is 0 Å². The minimum absolute atomic E-state index is 0.301. The average Bonchev–Trinajstić information content (AvgIpc) is 3.20. The normalized spacial score (nSPS) is 11.3. The number of carbonyl (C=O) groups excluding carboxylic acids is 1. The standard InChI is InChI=1S/C28H48N4O3S/c1-4-6-8-9-10-11-12-13-14-15-16-17-18-19-22-35-27-25-24(31-32(27)3)26(34-21-7-5-2)30-28(29-25)36-23-20-33/h20H,4-19,21-23H2,1-3H3. The number of aldehydes is 1. The smallest absolute Gasteiger partial charge is 0.246 e. The molecule has 0 aliphatic carbocycles. The Morgan fingerprint density at radius 2 is 1.28 bits per heavy atom. The fourth-order valence-corrected chi connectivity index (χ4v) is 4.74. The molecule has 0 atom stereocenters. The summed E-state index contributed by atoms with van der Waals surface area (Å²) in [6.45, 7) is 5.61. The van der Waals surface area contributed by atoms with Crippen molar-refractivity contribution in [3.63, 3.8) is 0 Å². The molecule has 2 rings (SSSR count). The van der Waals surface area contributed by atoms with Crippen molar-refractivity contribution in [2.24, 2.45) is 7.05 Å². The van der Waals surface area contributed by atoms with Crippen molar-refractivity contribution in [2.75, 3.05) is 19.0 Å². The zero-order valence-corrected chi connectivity index (χ0v) is 23.8. The van der Waals surface area contributed by atoms with Crippen LogP contribution in [-0.4, -0.2) is 45.0 Å². The summed E-state index contributed by atoms with van der Waals surface area (Å²) in [6, 6.07) is 0. The molecule has 0 spiro atoms. The van der Waals surface area contributed by atoms with E-state index in [1.165, 1.54) is 95.2 Å². The summed E-state index contributed by atoms with van der Waals surface area (Å²) < 4.78 is 13.7. The second kappa shape index (κ2) is 19.3. The molecule has 36 heavy (non-hydrogen) atoms. The molecule has 2 aromatic heterocycles. The quantitative estimate of drug-likeness (QED) is 0.0643. The first-order valence-corrected chi connectivity index (χ1v) is 15.3. The van der Waals surface area contributed by atoms with Gasteiger partial charge in [-0.2, -0.15) is 10.1 Å². The van der Waals surface area contributed by atoms with E-state index in [2.05, 4.69) is 28.9 Å². The van der Waals surface area contributed by atoms with Gasteiger partial charge in [-0.05, 0) is 12.8 Å². The second-order valence-corrected chi connectivity index (χ2v) is 10.5. The summed E-state index contributed by atoms with van der Waals surface area (Å²) >= 11 is 1.29. The van der Waals surface area contributed by atoms with E-state index < -0.39 is 0 Å². The predicted octanol–water partition coefficient (Wildman–Crippen LogP) is 7.69. The third-order valence-electron chi connectivity index (χ3n) is 6.33. The van der Waals surface area contributed by atoms with Gasteiger partial charge >= 0.3 is 0 Å². The van der Waals surface area contributed by atoms with Gasteiger partial charge in [-0.1, -0.05) is 116 Å². The van der Waals surface area contributed by atoms with Gasteiger partial charge in [0.1, 0.15) is 6.29 Å². The summed E-state index contributed by atoms with van der Waals surface area (Å²) in [4.78, 5) is 19.9. The molecule has 0 aliphatic heterocycles. The topological polar surface area (TPSA) is 79.1 Å². The summed E-state index contributed by atoms with van der Waals surface area (Å²) in [5, 5.41) is 5.07. The Labute approximate surface area is 222 Å². The number of unbranched alkanes of at least 4 members (excludes halogenated alkanes) is 14. The van der Waals surface area contributed by atoms with Gasteiger partial charge in [0.2, 0.25) is 11.8 Å². The Bertz CT molecular complexity index is 859. The number of aryl methyl sites for hydroxylation is 1. The minimum atomic E-state index is 0.301. The fraction of sp³-hybridized carbons (Fsp3) is 0.786. The number of ether oxygens (including phenoxy) is 2. The molecular formula is C28H48N4O3S. The molecule has 2 aromatic rings. The minimum Gasteiger partial charge on any atom is -0.476 e. The lowest BCUT2D eigenvalue weighted by Crippen LogP contribution is -2.03. The van der Waals surface area contributed by atoms with Crippen LogP contribution in [0.4, 0.5) is 0 Å². The fourth-order valence-electron chi connectivity index (χ4n) is 4.22. The third kappa shape index (κ3) is 11.5. The van der Waals surface area contributed by atoms with Gasteiger partial charge in [-0.25, -0.2) is 9.67 Å². The maximum atomic E-state index is 10.8. The van der Waals surface area contributed by atoms with Crippen LogP contribution in [0.15, 0.2) is 5.16 Å². The first-order chi connectivity index (χ1) is 17.7. The van der Waals surface area contributed by atoms with Crippen molar-refractivity contribution < 1.29 is 14.3 Å². The highest BCUT2D eigenvalue weighted by Crippen LogP contribution is 2.31. The molecule has 0 fully saturated rings. The molecule has 0 saturated heterocycles. The first kappa shape index (κ1) is 30.4. The van der Waals surface area contributed by atoms with Crippen LogP contribution in [-0.2, 0) is 11.8 Å². The van der Waals surface area contributed by atoms with Crippen LogP contribution < -0.4 is 9.47 Å². The maximum absolute atomic E-state index is 10.8.